The first-order valence-electron chi connectivity index (χ1n) is 9.97. The maximum Gasteiger partial charge on any atom is 0.430 e. The number of rotatable bonds is 5. The molecule has 9 nitrogen and oxygen atoms in total. The Bertz CT molecular complexity index is 606. The molecule has 168 valence electrons. The van der Waals surface area contributed by atoms with Crippen LogP contribution in [0.2, 0.25) is 0 Å². The zero-order chi connectivity index (χ0) is 22.6. The van der Waals surface area contributed by atoms with E-state index in [1.54, 1.807) is 20.8 Å². The molecule has 0 spiro atoms. The van der Waals surface area contributed by atoms with Gasteiger partial charge in [0, 0.05) is 13.0 Å². The normalized spacial score (nSPS) is 18.3. The summed E-state index contributed by atoms with van der Waals surface area (Å²) in [5.41, 5.74) is -1.52. The van der Waals surface area contributed by atoms with Crippen molar-refractivity contribution in [1.29, 1.82) is 0 Å². The third kappa shape index (κ3) is 8.08. The number of hydrogen-bond donors (Lipinski definition) is 0. The molecule has 0 aromatic carbocycles. The van der Waals surface area contributed by atoms with Crippen LogP contribution in [-0.2, 0) is 19.0 Å². The van der Waals surface area contributed by atoms with Crippen molar-refractivity contribution in [3.05, 3.63) is 0 Å². The molecule has 0 bridgehead atoms. The second-order valence-electron chi connectivity index (χ2n) is 10.0. The van der Waals surface area contributed by atoms with Crippen LogP contribution >= 0.6 is 0 Å². The first-order valence-corrected chi connectivity index (χ1v) is 9.97. The highest BCUT2D eigenvalue weighted by molar-refractivity contribution is 5.83. The third-order valence-corrected chi connectivity index (χ3v) is 4.42. The highest BCUT2D eigenvalue weighted by Gasteiger charge is 2.44. The minimum atomic E-state index is -0.942. The summed E-state index contributed by atoms with van der Waals surface area (Å²) in [7, 11) is 7.42. The Hall–Kier alpha value is -2.03. The fourth-order valence-electron chi connectivity index (χ4n) is 2.84. The van der Waals surface area contributed by atoms with Crippen LogP contribution in [0, 0.1) is 0 Å². The van der Waals surface area contributed by atoms with Crippen molar-refractivity contribution in [2.75, 3.05) is 41.3 Å². The van der Waals surface area contributed by atoms with Gasteiger partial charge in [0.1, 0.15) is 11.2 Å². The predicted molar refractivity (Wildman–Crippen MR) is 108 cm³/mol. The van der Waals surface area contributed by atoms with Crippen molar-refractivity contribution in [3.8, 4) is 0 Å². The molecule has 0 N–H and O–H groups in total. The molecule has 29 heavy (non-hydrogen) atoms. The van der Waals surface area contributed by atoms with Crippen LogP contribution in [0.5, 0.6) is 0 Å². The fourth-order valence-corrected chi connectivity index (χ4v) is 2.84. The lowest BCUT2D eigenvalue weighted by molar-refractivity contribution is -0.871. The molecule has 2 amide bonds. The maximum atomic E-state index is 13.1. The summed E-state index contributed by atoms with van der Waals surface area (Å²) in [6, 6.07) is -0.942. The average molecular weight is 417 g/mol. The molecule has 1 aliphatic heterocycles. The number of esters is 1. The lowest BCUT2D eigenvalue weighted by Gasteiger charge is -2.43. The van der Waals surface area contributed by atoms with Gasteiger partial charge in [-0.15, -0.1) is 0 Å². The lowest BCUT2D eigenvalue weighted by atomic mass is 10.0. The van der Waals surface area contributed by atoms with Crippen LogP contribution in [0.3, 0.4) is 0 Å². The zero-order valence-electron chi connectivity index (χ0n) is 19.4. The van der Waals surface area contributed by atoms with E-state index in [0.717, 1.165) is 21.0 Å². The molecule has 1 fully saturated rings. The Balaban J connectivity index is 3.08. The predicted octanol–water partition coefficient (Wildman–Crippen LogP) is 2.79. The largest absolute Gasteiger partial charge is 0.467 e. The van der Waals surface area contributed by atoms with Crippen LogP contribution in [0.25, 0.3) is 0 Å². The van der Waals surface area contributed by atoms with E-state index in [2.05, 4.69) is 21.1 Å². The molecule has 0 aromatic rings. The third-order valence-electron chi connectivity index (χ3n) is 4.42. The van der Waals surface area contributed by atoms with Crippen molar-refractivity contribution in [2.24, 2.45) is 0 Å². The van der Waals surface area contributed by atoms with Gasteiger partial charge in [-0.25, -0.2) is 19.4 Å². The second kappa shape index (κ2) is 9.19. The van der Waals surface area contributed by atoms with Gasteiger partial charge in [0.15, 0.2) is 6.04 Å². The summed E-state index contributed by atoms with van der Waals surface area (Å²) >= 11 is 0. The van der Waals surface area contributed by atoms with Crippen LogP contribution in [0.15, 0.2) is 0 Å². The van der Waals surface area contributed by atoms with Crippen molar-refractivity contribution in [2.45, 2.75) is 71.1 Å². The zero-order valence-corrected chi connectivity index (χ0v) is 19.4. The van der Waals surface area contributed by atoms with Gasteiger partial charge in [-0.2, -0.15) is 5.01 Å². The Morgan fingerprint density at radius 3 is 2.07 bits per heavy atom. The van der Waals surface area contributed by atoms with Crippen molar-refractivity contribution in [1.82, 2.24) is 10.0 Å². The van der Waals surface area contributed by atoms with E-state index in [-0.39, 0.29) is 6.54 Å². The van der Waals surface area contributed by atoms with E-state index in [4.69, 9.17) is 14.2 Å². The number of hydrogen-bond acceptors (Lipinski definition) is 6. The van der Waals surface area contributed by atoms with E-state index in [0.29, 0.717) is 19.3 Å². The number of quaternary nitrogens is 1. The van der Waals surface area contributed by atoms with Gasteiger partial charge in [-0.3, -0.25) is 0 Å². The Labute approximate surface area is 174 Å². The van der Waals surface area contributed by atoms with Crippen LogP contribution in [0.1, 0.15) is 53.9 Å². The van der Waals surface area contributed by atoms with E-state index in [1.807, 2.05) is 13.8 Å². The number of amides is 2. The summed E-state index contributed by atoms with van der Waals surface area (Å²) in [5, 5.41) is 2.20. The fraction of sp³-hybridized carbons (Fsp3) is 0.850. The topological polar surface area (TPSA) is 85.4 Å². The standard InChI is InChI=1S/C20H38N3O6/c1-19(2,3)28-17(25)21-13-10-11-15(16(24)27-9)22(21)18(26)29-20(4,5)12-14-23(6,7)8/h15H,10-14H2,1-9H3/q+1/t15-/m0/s1. The first kappa shape index (κ1) is 25.0. The summed E-state index contributed by atoms with van der Waals surface area (Å²) in [6.07, 6.45) is 0.0593. The molecular weight excluding hydrogens is 378 g/mol. The van der Waals surface area contributed by atoms with Crippen molar-refractivity contribution in [3.63, 3.8) is 0 Å². The summed E-state index contributed by atoms with van der Waals surface area (Å²) < 4.78 is 16.7. The molecule has 0 saturated carbocycles. The molecule has 1 atom stereocenters. The summed E-state index contributed by atoms with van der Waals surface area (Å²) in [4.78, 5) is 38.1. The smallest absolute Gasteiger partial charge is 0.430 e. The molecule has 1 aliphatic rings. The average Bonchev–Trinajstić information content (AvgIpc) is 2.56. The van der Waals surface area contributed by atoms with Gasteiger partial charge >= 0.3 is 18.2 Å². The van der Waals surface area contributed by atoms with Gasteiger partial charge in [0.2, 0.25) is 0 Å². The number of ether oxygens (including phenoxy) is 3. The monoisotopic (exact) mass is 416 g/mol. The van der Waals surface area contributed by atoms with Gasteiger partial charge in [-0.05, 0) is 47.5 Å². The SMILES string of the molecule is COC(=O)[C@@H]1CCCN(C(=O)OC(C)(C)C)N1C(=O)OC(C)(C)CC[N+](C)(C)C. The minimum absolute atomic E-state index is 0.247. The van der Waals surface area contributed by atoms with E-state index in [1.165, 1.54) is 7.11 Å². The van der Waals surface area contributed by atoms with E-state index < -0.39 is 35.4 Å². The molecule has 0 aromatic heterocycles. The minimum Gasteiger partial charge on any atom is -0.467 e. The summed E-state index contributed by atoms with van der Waals surface area (Å²) in [6.45, 7) is 9.88. The molecule has 9 heteroatoms. The van der Waals surface area contributed by atoms with Gasteiger partial charge in [-0.1, -0.05) is 0 Å². The molecule has 1 rings (SSSR count). The highest BCUT2D eigenvalue weighted by Crippen LogP contribution is 2.26. The Morgan fingerprint density at radius 2 is 1.59 bits per heavy atom. The summed E-state index contributed by atoms with van der Waals surface area (Å²) in [5.74, 6) is -0.598. The van der Waals surface area contributed by atoms with E-state index >= 15 is 0 Å². The Kier molecular flexibility index (Phi) is 7.93. The highest BCUT2D eigenvalue weighted by atomic mass is 16.6. The number of carbonyl (C=O) groups is 3. The van der Waals surface area contributed by atoms with Gasteiger partial charge in [0.25, 0.3) is 0 Å². The van der Waals surface area contributed by atoms with Crippen LogP contribution < -0.4 is 0 Å². The molecule has 0 radical (unpaired) electrons. The molecular formula is C20H38N3O6+. The van der Waals surface area contributed by atoms with Crippen molar-refractivity contribution < 1.29 is 33.1 Å². The van der Waals surface area contributed by atoms with Gasteiger partial charge in [0.05, 0.1) is 34.8 Å². The number of nitrogens with zero attached hydrogens (tertiary/aromatic N) is 3. The molecule has 0 aliphatic carbocycles. The quantitative estimate of drug-likeness (QED) is 0.389. The van der Waals surface area contributed by atoms with Crippen LogP contribution in [-0.4, -0.2) is 91.2 Å². The number of hydrazine groups is 1. The Morgan fingerprint density at radius 1 is 1.00 bits per heavy atom. The van der Waals surface area contributed by atoms with Gasteiger partial charge < -0.3 is 18.7 Å². The molecule has 1 heterocycles. The number of carbonyl (C=O) groups excluding carboxylic acids is 3. The van der Waals surface area contributed by atoms with E-state index in [9.17, 15) is 14.4 Å². The maximum absolute atomic E-state index is 13.1. The first-order chi connectivity index (χ1) is 13.1. The molecule has 0 unspecified atom stereocenters. The van der Waals surface area contributed by atoms with Crippen molar-refractivity contribution >= 4 is 18.2 Å². The van der Waals surface area contributed by atoms with Crippen LogP contribution in [0.4, 0.5) is 9.59 Å². The second-order valence-corrected chi connectivity index (χ2v) is 10.0. The molecule has 1 saturated heterocycles. The number of methoxy groups -OCH3 is 1. The lowest BCUT2D eigenvalue weighted by Crippen LogP contribution is -2.61.